The van der Waals surface area contributed by atoms with E-state index >= 15 is 0 Å². The largest absolute Gasteiger partial charge is 0.486 e. The number of hydrogen-bond donors (Lipinski definition) is 1. The van der Waals surface area contributed by atoms with Gasteiger partial charge in [0.2, 0.25) is 0 Å². The molecule has 1 aromatic carbocycles. The fourth-order valence-corrected chi connectivity index (χ4v) is 2.10. The normalized spacial score (nSPS) is 10.4. The minimum atomic E-state index is 0.226. The predicted molar refractivity (Wildman–Crippen MR) is 78.9 cm³/mol. The van der Waals surface area contributed by atoms with Crippen LogP contribution in [-0.2, 0) is 6.54 Å². The van der Waals surface area contributed by atoms with Gasteiger partial charge in [-0.15, -0.1) is 0 Å². The predicted octanol–water partition coefficient (Wildman–Crippen LogP) is 4.62. The molecule has 18 heavy (non-hydrogen) atoms. The van der Waals surface area contributed by atoms with Crippen molar-refractivity contribution in [3.8, 4) is 5.75 Å². The Morgan fingerprint density at radius 2 is 2.11 bits per heavy atom. The van der Waals surface area contributed by atoms with Crippen LogP contribution in [0.1, 0.15) is 18.9 Å². The van der Waals surface area contributed by atoms with Gasteiger partial charge in [0, 0.05) is 22.2 Å². The van der Waals surface area contributed by atoms with Gasteiger partial charge in [0.1, 0.15) is 12.4 Å². The molecule has 0 heterocycles. The van der Waals surface area contributed by atoms with Gasteiger partial charge in [0.25, 0.3) is 0 Å². The summed E-state index contributed by atoms with van der Waals surface area (Å²) in [7, 11) is 0. The third-order valence-corrected chi connectivity index (χ3v) is 2.81. The van der Waals surface area contributed by atoms with E-state index in [9.17, 15) is 0 Å². The number of ether oxygens (including phenoxy) is 1. The molecule has 0 aliphatic carbocycles. The van der Waals surface area contributed by atoms with Crippen molar-refractivity contribution in [2.75, 3.05) is 13.2 Å². The van der Waals surface area contributed by atoms with E-state index in [-0.39, 0.29) is 6.61 Å². The molecule has 5 heteroatoms. The smallest absolute Gasteiger partial charge is 0.143 e. The highest BCUT2D eigenvalue weighted by molar-refractivity contribution is 6.35. The highest BCUT2D eigenvalue weighted by atomic mass is 35.5. The summed E-state index contributed by atoms with van der Waals surface area (Å²) in [6, 6.07) is 3.49. The molecule has 0 atom stereocenters. The lowest BCUT2D eigenvalue weighted by atomic mass is 10.2. The van der Waals surface area contributed by atoms with Gasteiger partial charge >= 0.3 is 0 Å². The van der Waals surface area contributed by atoms with E-state index in [0.717, 1.165) is 18.5 Å². The monoisotopic (exact) mass is 307 g/mol. The summed E-state index contributed by atoms with van der Waals surface area (Å²) in [6.07, 6.45) is 1.06. The zero-order chi connectivity index (χ0) is 13.5. The third kappa shape index (κ3) is 5.07. The molecule has 1 N–H and O–H groups in total. The molecular formula is C13H16Cl3NO. The average molecular weight is 309 g/mol. The van der Waals surface area contributed by atoms with Crippen LogP contribution in [0.3, 0.4) is 0 Å². The van der Waals surface area contributed by atoms with Crippen molar-refractivity contribution in [3.05, 3.63) is 39.4 Å². The maximum Gasteiger partial charge on any atom is 0.143 e. The molecule has 0 spiro atoms. The average Bonchev–Trinajstić information content (AvgIpc) is 2.27. The van der Waals surface area contributed by atoms with Gasteiger partial charge in [0.15, 0.2) is 0 Å². The van der Waals surface area contributed by atoms with Crippen LogP contribution >= 0.6 is 34.8 Å². The van der Waals surface area contributed by atoms with E-state index in [2.05, 4.69) is 18.8 Å². The van der Waals surface area contributed by atoms with Crippen molar-refractivity contribution in [1.29, 1.82) is 0 Å². The van der Waals surface area contributed by atoms with E-state index in [4.69, 9.17) is 39.5 Å². The van der Waals surface area contributed by atoms with Crippen molar-refractivity contribution in [1.82, 2.24) is 5.32 Å². The van der Waals surface area contributed by atoms with E-state index < -0.39 is 0 Å². The molecule has 100 valence electrons. The fraction of sp³-hybridized carbons (Fsp3) is 0.385. The summed E-state index contributed by atoms with van der Waals surface area (Å²) in [4.78, 5) is 0. The molecular weight excluding hydrogens is 293 g/mol. The first-order valence-corrected chi connectivity index (χ1v) is 6.82. The third-order valence-electron chi connectivity index (χ3n) is 2.20. The van der Waals surface area contributed by atoms with Gasteiger partial charge in [-0.3, -0.25) is 0 Å². The summed E-state index contributed by atoms with van der Waals surface area (Å²) in [5.41, 5.74) is 0.916. The van der Waals surface area contributed by atoms with Crippen LogP contribution in [0.4, 0.5) is 0 Å². The fourth-order valence-electron chi connectivity index (χ4n) is 1.46. The Morgan fingerprint density at radius 3 is 2.72 bits per heavy atom. The molecule has 2 nitrogen and oxygen atoms in total. The molecule has 0 bridgehead atoms. The lowest BCUT2D eigenvalue weighted by Gasteiger charge is -2.14. The van der Waals surface area contributed by atoms with Crippen molar-refractivity contribution in [2.45, 2.75) is 19.9 Å². The van der Waals surface area contributed by atoms with Crippen LogP contribution in [-0.4, -0.2) is 13.2 Å². The summed E-state index contributed by atoms with van der Waals surface area (Å²) >= 11 is 17.8. The molecule has 0 radical (unpaired) electrons. The molecule has 0 unspecified atom stereocenters. The van der Waals surface area contributed by atoms with Gasteiger partial charge in [0.05, 0.1) is 5.02 Å². The Morgan fingerprint density at radius 1 is 1.39 bits per heavy atom. The van der Waals surface area contributed by atoms with Gasteiger partial charge in [-0.25, -0.2) is 0 Å². The Bertz CT molecular complexity index is 421. The lowest BCUT2D eigenvalue weighted by molar-refractivity contribution is 0.354. The topological polar surface area (TPSA) is 21.3 Å². The molecule has 0 aromatic heterocycles. The van der Waals surface area contributed by atoms with E-state index in [0.29, 0.717) is 27.4 Å². The summed E-state index contributed by atoms with van der Waals surface area (Å²) in [6.45, 7) is 7.48. The second-order valence-corrected chi connectivity index (χ2v) is 5.24. The van der Waals surface area contributed by atoms with Gasteiger partial charge in [-0.1, -0.05) is 48.3 Å². The molecule has 0 saturated heterocycles. The van der Waals surface area contributed by atoms with Crippen molar-refractivity contribution in [2.24, 2.45) is 0 Å². The first-order chi connectivity index (χ1) is 8.54. The first-order valence-electron chi connectivity index (χ1n) is 5.69. The Hall–Kier alpha value is -0.410. The maximum atomic E-state index is 6.12. The zero-order valence-corrected chi connectivity index (χ0v) is 12.5. The van der Waals surface area contributed by atoms with Crippen LogP contribution < -0.4 is 10.1 Å². The quantitative estimate of drug-likeness (QED) is 0.742. The lowest BCUT2D eigenvalue weighted by Crippen LogP contribution is -2.15. The molecule has 0 saturated carbocycles. The van der Waals surface area contributed by atoms with E-state index in [1.807, 2.05) is 6.07 Å². The van der Waals surface area contributed by atoms with Crippen LogP contribution in [0.5, 0.6) is 5.75 Å². The zero-order valence-electron chi connectivity index (χ0n) is 10.2. The van der Waals surface area contributed by atoms with E-state index in [1.165, 1.54) is 0 Å². The molecule has 0 fully saturated rings. The number of rotatable bonds is 7. The maximum absolute atomic E-state index is 6.12. The minimum absolute atomic E-state index is 0.226. The minimum Gasteiger partial charge on any atom is -0.486 e. The first kappa shape index (κ1) is 15.6. The van der Waals surface area contributed by atoms with Gasteiger partial charge < -0.3 is 10.1 Å². The van der Waals surface area contributed by atoms with Crippen LogP contribution in [0.15, 0.2) is 23.7 Å². The Kier molecular flexibility index (Phi) is 6.87. The Balaban J connectivity index is 2.86. The molecule has 0 amide bonds. The number of hydrogen-bond acceptors (Lipinski definition) is 2. The molecule has 0 aliphatic rings. The highest BCUT2D eigenvalue weighted by Crippen LogP contribution is 2.32. The van der Waals surface area contributed by atoms with Crippen molar-refractivity contribution in [3.63, 3.8) is 0 Å². The molecule has 1 rings (SSSR count). The van der Waals surface area contributed by atoms with Gasteiger partial charge in [-0.05, 0) is 25.1 Å². The summed E-state index contributed by atoms with van der Waals surface area (Å²) < 4.78 is 5.55. The second kappa shape index (κ2) is 7.90. The number of nitrogens with one attached hydrogen (secondary N) is 1. The molecule has 0 aliphatic heterocycles. The van der Waals surface area contributed by atoms with Gasteiger partial charge in [-0.2, -0.15) is 0 Å². The van der Waals surface area contributed by atoms with Crippen LogP contribution in [0.2, 0.25) is 10.0 Å². The van der Waals surface area contributed by atoms with Crippen LogP contribution in [0, 0.1) is 0 Å². The Labute approximate surface area is 123 Å². The van der Waals surface area contributed by atoms with Crippen molar-refractivity contribution < 1.29 is 4.74 Å². The standard InChI is InChI=1S/C13H16Cl3NO/c1-3-4-17-7-10-5-11(15)6-12(16)13(10)18-8-9(2)14/h5-6,17H,2-4,7-8H2,1H3. The molecule has 1 aromatic rings. The summed E-state index contributed by atoms with van der Waals surface area (Å²) in [5, 5.41) is 4.77. The van der Waals surface area contributed by atoms with E-state index in [1.54, 1.807) is 6.07 Å². The van der Waals surface area contributed by atoms with Crippen molar-refractivity contribution >= 4 is 34.8 Å². The second-order valence-electron chi connectivity index (χ2n) is 3.86. The number of halogens is 3. The SMILES string of the molecule is C=C(Cl)COc1c(Cl)cc(Cl)cc1CNCCC. The summed E-state index contributed by atoms with van der Waals surface area (Å²) in [5.74, 6) is 0.603. The highest BCUT2D eigenvalue weighted by Gasteiger charge is 2.10. The van der Waals surface area contributed by atoms with Crippen LogP contribution in [0.25, 0.3) is 0 Å². The number of benzene rings is 1.